The molecule has 1 fully saturated rings. The van der Waals surface area contributed by atoms with Gasteiger partial charge in [-0.25, -0.2) is 0 Å². The number of phenols is 2. The maximum Gasteiger partial charge on any atom is 0.220 e. The molecule has 1 aliphatic heterocycles. The second-order valence-electron chi connectivity index (χ2n) is 9.67. The van der Waals surface area contributed by atoms with Crippen molar-refractivity contribution in [3.63, 3.8) is 0 Å². The molecule has 5 heteroatoms. The second-order valence-corrected chi connectivity index (χ2v) is 9.67. The Morgan fingerprint density at radius 2 is 1.78 bits per heavy atom. The van der Waals surface area contributed by atoms with Gasteiger partial charge in [-0.3, -0.25) is 9.69 Å². The second kappa shape index (κ2) is 10.9. The van der Waals surface area contributed by atoms with Crippen molar-refractivity contribution >= 4 is 5.91 Å². The number of hydrogen-bond donors (Lipinski definition) is 3. The van der Waals surface area contributed by atoms with Crippen molar-refractivity contribution in [3.05, 3.63) is 59.7 Å². The van der Waals surface area contributed by atoms with Crippen LogP contribution < -0.4 is 5.32 Å². The highest BCUT2D eigenvalue weighted by molar-refractivity contribution is 5.76. The fraction of sp³-hybridized carbons (Fsp3) is 0.519. The first-order valence-electron chi connectivity index (χ1n) is 11.8. The van der Waals surface area contributed by atoms with Gasteiger partial charge in [0.15, 0.2) is 0 Å². The first-order chi connectivity index (χ1) is 15.2. The summed E-state index contributed by atoms with van der Waals surface area (Å²) in [7, 11) is 0. The predicted octanol–water partition coefficient (Wildman–Crippen LogP) is 4.69. The molecule has 1 heterocycles. The Morgan fingerprint density at radius 3 is 2.44 bits per heavy atom. The minimum atomic E-state index is 0.0578. The highest BCUT2D eigenvalue weighted by Gasteiger charge is 2.34. The minimum absolute atomic E-state index is 0.0578. The van der Waals surface area contributed by atoms with Gasteiger partial charge in [-0.15, -0.1) is 0 Å². The molecule has 0 radical (unpaired) electrons. The number of piperidine rings is 1. The number of nitrogens with one attached hydrogen (secondary N) is 1. The number of amides is 1. The zero-order valence-corrected chi connectivity index (χ0v) is 19.8. The van der Waals surface area contributed by atoms with Crippen LogP contribution in [-0.2, 0) is 11.2 Å². The van der Waals surface area contributed by atoms with E-state index < -0.39 is 0 Å². The Bertz CT molecular complexity index is 898. The van der Waals surface area contributed by atoms with Crippen LogP contribution in [0.5, 0.6) is 11.5 Å². The van der Waals surface area contributed by atoms with Crippen LogP contribution in [0.4, 0.5) is 0 Å². The van der Waals surface area contributed by atoms with Gasteiger partial charge >= 0.3 is 0 Å². The van der Waals surface area contributed by atoms with E-state index in [1.54, 1.807) is 18.2 Å². The summed E-state index contributed by atoms with van der Waals surface area (Å²) in [4.78, 5) is 15.2. The molecule has 5 nitrogen and oxygen atoms in total. The lowest BCUT2D eigenvalue weighted by atomic mass is 9.77. The topological polar surface area (TPSA) is 72.8 Å². The smallest absolute Gasteiger partial charge is 0.220 e. The fourth-order valence-electron chi connectivity index (χ4n) is 4.85. The third-order valence-corrected chi connectivity index (χ3v) is 7.13. The largest absolute Gasteiger partial charge is 0.508 e. The van der Waals surface area contributed by atoms with E-state index in [-0.39, 0.29) is 17.7 Å². The molecule has 2 aromatic rings. The maximum absolute atomic E-state index is 12.7. The average Bonchev–Trinajstić information content (AvgIpc) is 2.75. The van der Waals surface area contributed by atoms with E-state index in [4.69, 9.17) is 0 Å². The van der Waals surface area contributed by atoms with Gasteiger partial charge < -0.3 is 15.5 Å². The molecule has 4 atom stereocenters. The van der Waals surface area contributed by atoms with Gasteiger partial charge in [0.2, 0.25) is 5.91 Å². The number of hydrogen-bond acceptors (Lipinski definition) is 4. The molecular weight excluding hydrogens is 400 g/mol. The molecule has 0 saturated carbocycles. The quantitative estimate of drug-likeness (QED) is 0.559. The van der Waals surface area contributed by atoms with E-state index in [1.807, 2.05) is 24.3 Å². The molecule has 1 aliphatic rings. The number of carbonyl (C=O) groups is 1. The number of likely N-dealkylation sites (tertiary alicyclic amines) is 1. The summed E-state index contributed by atoms with van der Waals surface area (Å²) in [5, 5.41) is 22.7. The molecule has 3 N–H and O–H groups in total. The van der Waals surface area contributed by atoms with E-state index in [0.29, 0.717) is 42.4 Å². The monoisotopic (exact) mass is 438 g/mol. The first kappa shape index (κ1) is 24.1. The summed E-state index contributed by atoms with van der Waals surface area (Å²) in [6, 6.07) is 15.3. The Kier molecular flexibility index (Phi) is 8.19. The molecular formula is C27H38N2O3. The third-order valence-electron chi connectivity index (χ3n) is 7.13. The molecule has 1 amide bonds. The molecule has 0 aromatic heterocycles. The van der Waals surface area contributed by atoms with Gasteiger partial charge in [0.25, 0.3) is 0 Å². The zero-order valence-electron chi connectivity index (χ0n) is 19.8. The molecule has 0 aliphatic carbocycles. The number of phenolic OH excluding ortho intramolecular Hbond substituents is 2. The molecule has 0 bridgehead atoms. The molecule has 2 aromatic carbocycles. The van der Waals surface area contributed by atoms with Crippen LogP contribution in [0.25, 0.3) is 0 Å². The molecule has 32 heavy (non-hydrogen) atoms. The number of aryl methyl sites for hydroxylation is 1. The van der Waals surface area contributed by atoms with Crippen molar-refractivity contribution in [1.29, 1.82) is 0 Å². The van der Waals surface area contributed by atoms with Crippen LogP contribution >= 0.6 is 0 Å². The Hall–Kier alpha value is -2.53. The van der Waals surface area contributed by atoms with Crippen molar-refractivity contribution in [2.45, 2.75) is 65.0 Å². The van der Waals surface area contributed by atoms with Crippen molar-refractivity contribution in [3.8, 4) is 11.5 Å². The van der Waals surface area contributed by atoms with Crippen LogP contribution in [-0.4, -0.2) is 46.2 Å². The van der Waals surface area contributed by atoms with E-state index in [0.717, 1.165) is 25.1 Å². The predicted molar refractivity (Wildman–Crippen MR) is 129 cm³/mol. The van der Waals surface area contributed by atoms with E-state index in [1.165, 1.54) is 5.56 Å². The lowest BCUT2D eigenvalue weighted by molar-refractivity contribution is -0.122. The van der Waals surface area contributed by atoms with Crippen molar-refractivity contribution in [2.24, 2.45) is 11.8 Å². The lowest BCUT2D eigenvalue weighted by Gasteiger charge is -2.44. The van der Waals surface area contributed by atoms with Crippen LogP contribution in [0, 0.1) is 11.8 Å². The minimum Gasteiger partial charge on any atom is -0.508 e. The SMILES string of the molecule is CC(C)[C@@H](CN1CC[C@@H](c2cccc(O)c2)[C@@H](C)C1C)NC(=O)CCc1cccc(O)c1. The summed E-state index contributed by atoms with van der Waals surface area (Å²) in [5.41, 5.74) is 2.18. The summed E-state index contributed by atoms with van der Waals surface area (Å²) >= 11 is 0. The fourth-order valence-corrected chi connectivity index (χ4v) is 4.85. The standard InChI is InChI=1S/C27H38N2O3/c1-18(2)26(28-27(32)12-11-21-7-5-9-23(30)15-21)17-29-14-13-25(19(3)20(29)4)22-8-6-10-24(31)16-22/h5-10,15-16,18-20,25-26,30-31H,11-14,17H2,1-4H3,(H,28,32)/t19-,20?,25+,26+/m0/s1. The van der Waals surface area contributed by atoms with Gasteiger partial charge in [0, 0.05) is 25.0 Å². The van der Waals surface area contributed by atoms with Crippen molar-refractivity contribution in [1.82, 2.24) is 10.2 Å². The third kappa shape index (κ3) is 6.26. The van der Waals surface area contributed by atoms with Gasteiger partial charge in [-0.05, 0) is 79.5 Å². The van der Waals surface area contributed by atoms with E-state index >= 15 is 0 Å². The van der Waals surface area contributed by atoms with Crippen LogP contribution in [0.15, 0.2) is 48.5 Å². The van der Waals surface area contributed by atoms with Gasteiger partial charge in [0.1, 0.15) is 11.5 Å². The van der Waals surface area contributed by atoms with Crippen LogP contribution in [0.3, 0.4) is 0 Å². The normalized spacial score (nSPS) is 22.6. The van der Waals surface area contributed by atoms with Crippen LogP contribution in [0.1, 0.15) is 57.6 Å². The number of aromatic hydroxyl groups is 2. The van der Waals surface area contributed by atoms with Crippen LogP contribution in [0.2, 0.25) is 0 Å². The Morgan fingerprint density at radius 1 is 1.09 bits per heavy atom. The number of carbonyl (C=O) groups excluding carboxylic acids is 1. The number of benzene rings is 2. The lowest BCUT2D eigenvalue weighted by Crippen LogP contribution is -2.53. The maximum atomic E-state index is 12.7. The van der Waals surface area contributed by atoms with E-state index in [9.17, 15) is 15.0 Å². The summed E-state index contributed by atoms with van der Waals surface area (Å²) in [6.07, 6.45) is 2.08. The molecule has 1 saturated heterocycles. The summed E-state index contributed by atoms with van der Waals surface area (Å²) < 4.78 is 0. The molecule has 1 unspecified atom stereocenters. The number of nitrogens with zero attached hydrogens (tertiary/aromatic N) is 1. The molecule has 174 valence electrons. The van der Waals surface area contributed by atoms with Gasteiger partial charge in [-0.1, -0.05) is 45.0 Å². The van der Waals surface area contributed by atoms with Gasteiger partial charge in [0.05, 0.1) is 0 Å². The highest BCUT2D eigenvalue weighted by atomic mass is 16.3. The Labute approximate surface area is 192 Å². The zero-order chi connectivity index (χ0) is 23.3. The summed E-state index contributed by atoms with van der Waals surface area (Å²) in [6.45, 7) is 10.7. The van der Waals surface area contributed by atoms with Crippen molar-refractivity contribution < 1.29 is 15.0 Å². The highest BCUT2D eigenvalue weighted by Crippen LogP contribution is 2.37. The summed E-state index contributed by atoms with van der Waals surface area (Å²) in [5.74, 6) is 1.86. The van der Waals surface area contributed by atoms with E-state index in [2.05, 4.69) is 44.0 Å². The average molecular weight is 439 g/mol. The van der Waals surface area contributed by atoms with Gasteiger partial charge in [-0.2, -0.15) is 0 Å². The first-order valence-corrected chi connectivity index (χ1v) is 11.8. The molecule has 0 spiro atoms. The van der Waals surface area contributed by atoms with Crippen molar-refractivity contribution in [2.75, 3.05) is 13.1 Å². The number of rotatable bonds is 8. The Balaban J connectivity index is 1.56. The molecule has 3 rings (SSSR count).